The number of hydrogen-bond acceptors (Lipinski definition) is 3. The third-order valence-corrected chi connectivity index (χ3v) is 2.66. The van der Waals surface area contributed by atoms with Crippen LogP contribution in [0.3, 0.4) is 0 Å². The largest absolute Gasteiger partial charge is 0.289 e. The molecule has 2 rings (SSSR count). The minimum Gasteiger partial charge on any atom is -0.266 e. The van der Waals surface area contributed by atoms with Crippen molar-refractivity contribution >= 4 is 11.6 Å². The lowest BCUT2D eigenvalue weighted by Crippen LogP contribution is -2.20. The van der Waals surface area contributed by atoms with Crippen molar-refractivity contribution in [2.24, 2.45) is 5.10 Å². The number of aryl methyl sites for hydroxylation is 1. The summed E-state index contributed by atoms with van der Waals surface area (Å²) in [5.41, 5.74) is 5.75. The summed E-state index contributed by atoms with van der Waals surface area (Å²) in [5, 5.41) is 4.09. The number of pyridine rings is 1. The molecule has 1 aromatic carbocycles. The average molecular weight is 253 g/mol. The smallest absolute Gasteiger partial charge is 0.266 e. The molecule has 96 valence electrons. The van der Waals surface area contributed by atoms with Gasteiger partial charge in [-0.3, -0.25) is 9.78 Å². The Balaban J connectivity index is 2.09. The summed E-state index contributed by atoms with van der Waals surface area (Å²) < 4.78 is 0. The molecule has 0 aliphatic heterocycles. The van der Waals surface area contributed by atoms with E-state index in [2.05, 4.69) is 15.5 Å². The van der Waals surface area contributed by atoms with E-state index in [9.17, 15) is 4.79 Å². The number of nitrogens with one attached hydrogen (secondary N) is 1. The highest BCUT2D eigenvalue weighted by atomic mass is 16.2. The Morgan fingerprint density at radius 2 is 2.05 bits per heavy atom. The van der Waals surface area contributed by atoms with Gasteiger partial charge >= 0.3 is 0 Å². The zero-order chi connectivity index (χ0) is 13.7. The van der Waals surface area contributed by atoms with Gasteiger partial charge in [-0.25, -0.2) is 5.43 Å². The van der Waals surface area contributed by atoms with Crippen LogP contribution >= 0.6 is 0 Å². The highest BCUT2D eigenvalue weighted by Gasteiger charge is 2.05. The second-order valence-corrected chi connectivity index (χ2v) is 4.22. The van der Waals surface area contributed by atoms with Crippen LogP contribution in [0.1, 0.15) is 28.5 Å². The van der Waals surface area contributed by atoms with Crippen LogP contribution in [0.4, 0.5) is 0 Å². The molecule has 0 radical (unpaired) electrons. The minimum absolute atomic E-state index is 0.312. The molecule has 19 heavy (non-hydrogen) atoms. The standard InChI is InChI=1S/C15H15N3O/c1-11-6-5-7-13(10-11)12(2)17-18-15(19)14-8-3-4-9-16-14/h3-10H,1-2H3,(H,18,19)/b17-12-. The van der Waals surface area contributed by atoms with Gasteiger partial charge in [0.2, 0.25) is 0 Å². The fourth-order valence-electron chi connectivity index (χ4n) is 1.62. The molecule has 0 spiro atoms. The van der Waals surface area contributed by atoms with Gasteiger partial charge in [-0.05, 0) is 31.5 Å². The molecule has 2 aromatic rings. The van der Waals surface area contributed by atoms with Crippen LogP contribution in [-0.4, -0.2) is 16.6 Å². The first-order chi connectivity index (χ1) is 9.16. The van der Waals surface area contributed by atoms with Crippen molar-refractivity contribution < 1.29 is 4.79 Å². The van der Waals surface area contributed by atoms with Crippen molar-refractivity contribution in [3.8, 4) is 0 Å². The molecule has 4 nitrogen and oxygen atoms in total. The minimum atomic E-state index is -0.312. The number of carbonyl (C=O) groups is 1. The molecular weight excluding hydrogens is 238 g/mol. The fraction of sp³-hybridized carbons (Fsp3) is 0.133. The molecule has 0 atom stereocenters. The summed E-state index contributed by atoms with van der Waals surface area (Å²) in [4.78, 5) is 15.7. The molecule has 0 bridgehead atoms. The van der Waals surface area contributed by atoms with E-state index in [0.717, 1.165) is 16.8 Å². The zero-order valence-corrected chi connectivity index (χ0v) is 10.9. The summed E-state index contributed by atoms with van der Waals surface area (Å²) >= 11 is 0. The summed E-state index contributed by atoms with van der Waals surface area (Å²) in [5.74, 6) is -0.312. The number of carbonyl (C=O) groups excluding carboxylic acids is 1. The number of hydrogen-bond donors (Lipinski definition) is 1. The molecule has 1 N–H and O–H groups in total. The summed E-state index contributed by atoms with van der Waals surface area (Å²) in [6.45, 7) is 3.87. The van der Waals surface area contributed by atoms with Crippen LogP contribution in [0.5, 0.6) is 0 Å². The summed E-state index contributed by atoms with van der Waals surface area (Å²) in [6, 6.07) is 13.1. The predicted octanol–water partition coefficient (Wildman–Crippen LogP) is 2.54. The Bertz CT molecular complexity index is 606. The molecule has 4 heteroatoms. The van der Waals surface area contributed by atoms with Crippen LogP contribution in [0.25, 0.3) is 0 Å². The van der Waals surface area contributed by atoms with Gasteiger partial charge in [0.1, 0.15) is 5.69 Å². The number of rotatable bonds is 3. The third kappa shape index (κ3) is 3.48. The maximum Gasteiger partial charge on any atom is 0.289 e. The summed E-state index contributed by atoms with van der Waals surface area (Å²) in [6.07, 6.45) is 1.58. The Morgan fingerprint density at radius 3 is 2.74 bits per heavy atom. The maximum atomic E-state index is 11.8. The number of benzene rings is 1. The van der Waals surface area contributed by atoms with Crippen molar-refractivity contribution in [2.45, 2.75) is 13.8 Å². The van der Waals surface area contributed by atoms with Crippen molar-refractivity contribution in [1.82, 2.24) is 10.4 Å². The van der Waals surface area contributed by atoms with E-state index in [1.54, 1.807) is 24.4 Å². The van der Waals surface area contributed by atoms with Crippen LogP contribution in [0.15, 0.2) is 53.8 Å². The summed E-state index contributed by atoms with van der Waals surface area (Å²) in [7, 11) is 0. The molecule has 0 saturated heterocycles. The predicted molar refractivity (Wildman–Crippen MR) is 75.1 cm³/mol. The van der Waals surface area contributed by atoms with E-state index < -0.39 is 0 Å². The zero-order valence-electron chi connectivity index (χ0n) is 10.9. The van der Waals surface area contributed by atoms with E-state index in [0.29, 0.717) is 5.69 Å². The topological polar surface area (TPSA) is 54.4 Å². The van der Waals surface area contributed by atoms with Gasteiger partial charge in [0.25, 0.3) is 5.91 Å². The maximum absolute atomic E-state index is 11.8. The number of amides is 1. The Kier molecular flexibility index (Phi) is 4.03. The molecule has 0 saturated carbocycles. The highest BCUT2D eigenvalue weighted by Crippen LogP contribution is 2.05. The van der Waals surface area contributed by atoms with Gasteiger partial charge in [-0.2, -0.15) is 5.10 Å². The average Bonchev–Trinajstić information content (AvgIpc) is 2.45. The monoisotopic (exact) mass is 253 g/mol. The first-order valence-electron chi connectivity index (χ1n) is 5.99. The molecule has 1 heterocycles. The lowest BCUT2D eigenvalue weighted by Gasteiger charge is -2.03. The van der Waals surface area contributed by atoms with E-state index in [1.807, 2.05) is 38.1 Å². The first-order valence-corrected chi connectivity index (χ1v) is 5.99. The van der Waals surface area contributed by atoms with Gasteiger partial charge in [0.05, 0.1) is 5.71 Å². The molecule has 1 aromatic heterocycles. The van der Waals surface area contributed by atoms with Crippen LogP contribution in [-0.2, 0) is 0 Å². The molecule has 0 unspecified atom stereocenters. The van der Waals surface area contributed by atoms with Crippen molar-refractivity contribution in [3.63, 3.8) is 0 Å². The van der Waals surface area contributed by atoms with E-state index in [-0.39, 0.29) is 5.91 Å². The van der Waals surface area contributed by atoms with Crippen molar-refractivity contribution in [1.29, 1.82) is 0 Å². The van der Waals surface area contributed by atoms with E-state index in [4.69, 9.17) is 0 Å². The Hall–Kier alpha value is -2.49. The Labute approximate surface area is 112 Å². The molecule has 1 amide bonds. The SMILES string of the molecule is C/C(=N/NC(=O)c1ccccn1)c1cccc(C)c1. The molecular formula is C15H15N3O. The lowest BCUT2D eigenvalue weighted by atomic mass is 10.1. The van der Waals surface area contributed by atoms with Crippen molar-refractivity contribution in [2.75, 3.05) is 0 Å². The van der Waals surface area contributed by atoms with Crippen LogP contribution in [0.2, 0.25) is 0 Å². The quantitative estimate of drug-likeness (QED) is 0.675. The number of aromatic nitrogens is 1. The van der Waals surface area contributed by atoms with Crippen LogP contribution in [0, 0.1) is 6.92 Å². The Morgan fingerprint density at radius 1 is 1.21 bits per heavy atom. The van der Waals surface area contributed by atoms with Crippen LogP contribution < -0.4 is 5.43 Å². The highest BCUT2D eigenvalue weighted by molar-refractivity contribution is 6.00. The second-order valence-electron chi connectivity index (χ2n) is 4.22. The van der Waals surface area contributed by atoms with Gasteiger partial charge in [-0.15, -0.1) is 0 Å². The number of nitrogens with zero attached hydrogens (tertiary/aromatic N) is 2. The molecule has 0 fully saturated rings. The van der Waals surface area contributed by atoms with E-state index in [1.165, 1.54) is 0 Å². The van der Waals surface area contributed by atoms with Gasteiger partial charge in [0.15, 0.2) is 0 Å². The normalized spacial score (nSPS) is 11.2. The van der Waals surface area contributed by atoms with Gasteiger partial charge in [0, 0.05) is 6.20 Å². The number of hydrazone groups is 1. The molecule has 0 aliphatic rings. The molecule has 0 aliphatic carbocycles. The van der Waals surface area contributed by atoms with Crippen molar-refractivity contribution in [3.05, 3.63) is 65.5 Å². The lowest BCUT2D eigenvalue weighted by molar-refractivity contribution is 0.0950. The van der Waals surface area contributed by atoms with Gasteiger partial charge < -0.3 is 0 Å². The fourth-order valence-corrected chi connectivity index (χ4v) is 1.62. The van der Waals surface area contributed by atoms with E-state index >= 15 is 0 Å². The first kappa shape index (κ1) is 13.0. The third-order valence-electron chi connectivity index (χ3n) is 2.66. The second kappa shape index (κ2) is 5.91. The van der Waals surface area contributed by atoms with Gasteiger partial charge in [-0.1, -0.05) is 35.9 Å².